The first-order valence-corrected chi connectivity index (χ1v) is 8.19. The van der Waals surface area contributed by atoms with Crippen molar-refractivity contribution in [2.45, 2.75) is 32.7 Å². The van der Waals surface area contributed by atoms with Crippen molar-refractivity contribution >= 4 is 17.8 Å². The van der Waals surface area contributed by atoms with E-state index in [4.69, 9.17) is 4.74 Å². The van der Waals surface area contributed by atoms with Crippen molar-refractivity contribution in [1.82, 2.24) is 25.5 Å². The third-order valence-corrected chi connectivity index (χ3v) is 3.43. The Morgan fingerprint density at radius 3 is 2.68 bits per heavy atom. The highest BCUT2D eigenvalue weighted by atomic mass is 16.5. The minimum absolute atomic E-state index is 0.137. The second-order valence-electron chi connectivity index (χ2n) is 5.20. The number of esters is 1. The van der Waals surface area contributed by atoms with Gasteiger partial charge in [0.1, 0.15) is 6.04 Å². The monoisotopic (exact) mass is 346 g/mol. The molecular weight excluding hydrogens is 324 g/mol. The van der Waals surface area contributed by atoms with E-state index in [1.165, 1.54) is 4.68 Å². The highest BCUT2D eigenvalue weighted by molar-refractivity contribution is 5.84. The number of hydrogen-bond donors (Lipinski definition) is 2. The highest BCUT2D eigenvalue weighted by Crippen LogP contribution is 2.12. The Labute approximate surface area is 145 Å². The summed E-state index contributed by atoms with van der Waals surface area (Å²) in [5, 5.41) is 17.3. The van der Waals surface area contributed by atoms with Crippen LogP contribution in [0.1, 0.15) is 26.7 Å². The van der Waals surface area contributed by atoms with Gasteiger partial charge in [-0.25, -0.2) is 0 Å². The Hall–Kier alpha value is -2.97. The quantitative estimate of drug-likeness (QED) is 0.650. The van der Waals surface area contributed by atoms with Crippen LogP contribution < -0.4 is 10.6 Å². The van der Waals surface area contributed by atoms with Crippen LogP contribution in [0.4, 0.5) is 5.95 Å². The van der Waals surface area contributed by atoms with Crippen molar-refractivity contribution in [3.05, 3.63) is 30.3 Å². The maximum absolute atomic E-state index is 12.3. The van der Waals surface area contributed by atoms with Gasteiger partial charge in [-0.15, -0.1) is 0 Å². The molecule has 0 aliphatic carbocycles. The standard InChI is InChI=1S/C16H22N6O3/c1-3-13(15(24)17-11-10-14(23)25-4-2)18-16-19-20-21-22(16)12-8-6-5-7-9-12/h5-9,13H,3-4,10-11H2,1-2H3,(H,17,24)(H,18,19,21). The second kappa shape index (κ2) is 9.36. The van der Waals surface area contributed by atoms with Gasteiger partial charge in [-0.05, 0) is 35.9 Å². The van der Waals surface area contributed by atoms with Gasteiger partial charge in [-0.3, -0.25) is 9.59 Å². The summed E-state index contributed by atoms with van der Waals surface area (Å²) >= 11 is 0. The molecule has 1 aromatic heterocycles. The molecule has 0 radical (unpaired) electrons. The fourth-order valence-corrected chi connectivity index (χ4v) is 2.17. The zero-order chi connectivity index (χ0) is 18.1. The summed E-state index contributed by atoms with van der Waals surface area (Å²) in [6, 6.07) is 8.85. The summed E-state index contributed by atoms with van der Waals surface area (Å²) < 4.78 is 6.35. The predicted octanol–water partition coefficient (Wildman–Crippen LogP) is 0.922. The SMILES string of the molecule is CCOC(=O)CCNC(=O)C(CC)Nc1nnnn1-c1ccccc1. The molecule has 25 heavy (non-hydrogen) atoms. The summed E-state index contributed by atoms with van der Waals surface area (Å²) in [4.78, 5) is 23.6. The number of para-hydroxylation sites is 1. The third-order valence-electron chi connectivity index (χ3n) is 3.43. The Bertz CT molecular complexity index is 688. The lowest BCUT2D eigenvalue weighted by Gasteiger charge is -2.17. The lowest BCUT2D eigenvalue weighted by molar-refractivity contribution is -0.143. The van der Waals surface area contributed by atoms with E-state index in [1.54, 1.807) is 6.92 Å². The predicted molar refractivity (Wildman–Crippen MR) is 91.1 cm³/mol. The zero-order valence-electron chi connectivity index (χ0n) is 14.3. The number of carbonyl (C=O) groups excluding carboxylic acids is 2. The molecule has 134 valence electrons. The number of aromatic nitrogens is 4. The molecule has 9 heteroatoms. The van der Waals surface area contributed by atoms with Crippen LogP contribution in [0.5, 0.6) is 0 Å². The number of hydrogen-bond acceptors (Lipinski definition) is 7. The summed E-state index contributed by atoms with van der Waals surface area (Å²) in [6.07, 6.45) is 0.671. The van der Waals surface area contributed by atoms with E-state index in [2.05, 4.69) is 26.2 Å². The summed E-state index contributed by atoms with van der Waals surface area (Å²) in [7, 11) is 0. The van der Waals surface area contributed by atoms with Gasteiger partial charge in [0.25, 0.3) is 0 Å². The number of tetrazole rings is 1. The number of ether oxygens (including phenoxy) is 1. The van der Waals surface area contributed by atoms with Gasteiger partial charge < -0.3 is 15.4 Å². The van der Waals surface area contributed by atoms with Crippen molar-refractivity contribution in [2.24, 2.45) is 0 Å². The molecule has 1 unspecified atom stereocenters. The molecule has 1 atom stereocenters. The fraction of sp³-hybridized carbons (Fsp3) is 0.438. The molecule has 0 spiro atoms. The molecule has 0 bridgehead atoms. The van der Waals surface area contributed by atoms with E-state index in [1.807, 2.05) is 37.3 Å². The van der Waals surface area contributed by atoms with E-state index in [0.29, 0.717) is 19.0 Å². The molecule has 0 aliphatic rings. The summed E-state index contributed by atoms with van der Waals surface area (Å²) in [5.41, 5.74) is 0.785. The molecule has 9 nitrogen and oxygen atoms in total. The van der Waals surface area contributed by atoms with Crippen LogP contribution in [-0.4, -0.2) is 51.3 Å². The van der Waals surface area contributed by atoms with Gasteiger partial charge >= 0.3 is 5.97 Å². The van der Waals surface area contributed by atoms with Gasteiger partial charge in [0.15, 0.2) is 0 Å². The molecule has 0 fully saturated rings. The molecule has 1 heterocycles. The normalized spacial score (nSPS) is 11.6. The Morgan fingerprint density at radius 1 is 1.24 bits per heavy atom. The summed E-state index contributed by atoms with van der Waals surface area (Å²) in [6.45, 7) is 4.16. The molecule has 1 aromatic carbocycles. The number of amides is 1. The van der Waals surface area contributed by atoms with Crippen LogP contribution in [0.2, 0.25) is 0 Å². The van der Waals surface area contributed by atoms with Crippen molar-refractivity contribution in [3.63, 3.8) is 0 Å². The molecule has 2 N–H and O–H groups in total. The molecule has 1 amide bonds. The number of rotatable bonds is 9. The first-order chi connectivity index (χ1) is 12.2. The maximum Gasteiger partial charge on any atom is 0.307 e. The number of anilines is 1. The number of carbonyl (C=O) groups is 2. The minimum atomic E-state index is -0.518. The first kappa shape index (κ1) is 18.4. The smallest absolute Gasteiger partial charge is 0.307 e. The largest absolute Gasteiger partial charge is 0.466 e. The van der Waals surface area contributed by atoms with Gasteiger partial charge in [0, 0.05) is 6.54 Å². The Kier molecular flexibility index (Phi) is 6.87. The second-order valence-corrected chi connectivity index (χ2v) is 5.20. The summed E-state index contributed by atoms with van der Waals surface area (Å²) in [5.74, 6) is -0.190. The number of nitrogens with zero attached hydrogens (tertiary/aromatic N) is 4. The van der Waals surface area contributed by atoms with E-state index in [0.717, 1.165) is 5.69 Å². The van der Waals surface area contributed by atoms with Crippen molar-refractivity contribution in [1.29, 1.82) is 0 Å². The Balaban J connectivity index is 1.95. The molecule has 2 aromatic rings. The Morgan fingerprint density at radius 2 is 2.00 bits per heavy atom. The van der Waals surface area contributed by atoms with Crippen LogP contribution in [0.15, 0.2) is 30.3 Å². The van der Waals surface area contributed by atoms with Crippen molar-refractivity contribution in [3.8, 4) is 5.69 Å². The number of nitrogens with one attached hydrogen (secondary N) is 2. The molecule has 0 saturated carbocycles. The molecular formula is C16H22N6O3. The maximum atomic E-state index is 12.3. The van der Waals surface area contributed by atoms with Crippen LogP contribution in [0.25, 0.3) is 5.69 Å². The average Bonchev–Trinajstić information content (AvgIpc) is 3.08. The first-order valence-electron chi connectivity index (χ1n) is 8.19. The fourth-order valence-electron chi connectivity index (χ4n) is 2.17. The van der Waals surface area contributed by atoms with Crippen LogP contribution in [-0.2, 0) is 14.3 Å². The van der Waals surface area contributed by atoms with Crippen molar-refractivity contribution in [2.75, 3.05) is 18.5 Å². The minimum Gasteiger partial charge on any atom is -0.466 e. The highest BCUT2D eigenvalue weighted by Gasteiger charge is 2.19. The van der Waals surface area contributed by atoms with Crippen LogP contribution in [0.3, 0.4) is 0 Å². The lowest BCUT2D eigenvalue weighted by Crippen LogP contribution is -2.40. The van der Waals surface area contributed by atoms with Gasteiger partial charge in [0.2, 0.25) is 11.9 Å². The van der Waals surface area contributed by atoms with E-state index < -0.39 is 6.04 Å². The van der Waals surface area contributed by atoms with E-state index in [-0.39, 0.29) is 24.8 Å². The van der Waals surface area contributed by atoms with E-state index >= 15 is 0 Å². The number of benzene rings is 1. The lowest BCUT2D eigenvalue weighted by atomic mass is 10.2. The van der Waals surface area contributed by atoms with Gasteiger partial charge in [-0.1, -0.05) is 30.2 Å². The molecule has 0 saturated heterocycles. The average molecular weight is 346 g/mol. The van der Waals surface area contributed by atoms with Crippen molar-refractivity contribution < 1.29 is 14.3 Å². The van der Waals surface area contributed by atoms with Gasteiger partial charge in [-0.2, -0.15) is 4.68 Å². The molecule has 0 aliphatic heterocycles. The third kappa shape index (κ3) is 5.27. The van der Waals surface area contributed by atoms with E-state index in [9.17, 15) is 9.59 Å². The topological polar surface area (TPSA) is 111 Å². The van der Waals surface area contributed by atoms with Crippen LogP contribution >= 0.6 is 0 Å². The van der Waals surface area contributed by atoms with Crippen LogP contribution in [0, 0.1) is 0 Å². The molecule has 2 rings (SSSR count). The zero-order valence-corrected chi connectivity index (χ0v) is 14.3. The van der Waals surface area contributed by atoms with Gasteiger partial charge in [0.05, 0.1) is 18.7 Å².